The van der Waals surface area contributed by atoms with Crippen molar-refractivity contribution in [3.8, 4) is 0 Å². The Morgan fingerprint density at radius 3 is 1.92 bits per heavy atom. The van der Waals surface area contributed by atoms with E-state index < -0.39 is 0 Å². The van der Waals surface area contributed by atoms with E-state index in [1.807, 2.05) is 32.9 Å². The number of rotatable bonds is 1. The highest BCUT2D eigenvalue weighted by Crippen LogP contribution is 2.21. The standard InChI is InChI=1S/C10H16N2/c1-6-4-9(8(3)11)5-7(2)10(6)12/h4-5,8H,11-12H2,1-3H3/t8-/m1/s1. The van der Waals surface area contributed by atoms with Crippen molar-refractivity contribution in [1.82, 2.24) is 0 Å². The maximum atomic E-state index is 5.81. The van der Waals surface area contributed by atoms with Gasteiger partial charge in [0.25, 0.3) is 0 Å². The number of aryl methyl sites for hydroxylation is 2. The first-order chi connectivity index (χ1) is 5.52. The second-order valence-corrected chi connectivity index (χ2v) is 3.36. The van der Waals surface area contributed by atoms with Crippen LogP contribution in [0.1, 0.15) is 29.7 Å². The first-order valence-corrected chi connectivity index (χ1v) is 4.14. The zero-order valence-electron chi connectivity index (χ0n) is 7.89. The molecule has 2 heteroatoms. The van der Waals surface area contributed by atoms with Crippen LogP contribution in [0.4, 0.5) is 5.69 Å². The molecule has 2 nitrogen and oxygen atoms in total. The third-order valence-corrected chi connectivity index (χ3v) is 2.14. The van der Waals surface area contributed by atoms with Gasteiger partial charge in [0, 0.05) is 11.7 Å². The predicted octanol–water partition coefficient (Wildman–Crippen LogP) is 1.91. The van der Waals surface area contributed by atoms with Crippen LogP contribution in [0.5, 0.6) is 0 Å². The van der Waals surface area contributed by atoms with E-state index in [2.05, 4.69) is 0 Å². The molecule has 0 aliphatic heterocycles. The summed E-state index contributed by atoms with van der Waals surface area (Å²) in [5.74, 6) is 0. The number of hydrogen-bond acceptors (Lipinski definition) is 2. The second-order valence-electron chi connectivity index (χ2n) is 3.36. The fourth-order valence-corrected chi connectivity index (χ4v) is 1.27. The largest absolute Gasteiger partial charge is 0.398 e. The van der Waals surface area contributed by atoms with Gasteiger partial charge in [0.05, 0.1) is 0 Å². The van der Waals surface area contributed by atoms with E-state index in [0.717, 1.165) is 22.4 Å². The number of hydrogen-bond donors (Lipinski definition) is 2. The Morgan fingerprint density at radius 2 is 1.58 bits per heavy atom. The van der Waals surface area contributed by atoms with Crippen LogP contribution < -0.4 is 11.5 Å². The lowest BCUT2D eigenvalue weighted by Crippen LogP contribution is -2.06. The normalized spacial score (nSPS) is 13.0. The molecule has 66 valence electrons. The van der Waals surface area contributed by atoms with Crippen molar-refractivity contribution < 1.29 is 0 Å². The Labute approximate surface area is 73.6 Å². The van der Waals surface area contributed by atoms with Crippen LogP contribution in [0.25, 0.3) is 0 Å². The van der Waals surface area contributed by atoms with Gasteiger partial charge >= 0.3 is 0 Å². The fraction of sp³-hybridized carbons (Fsp3) is 0.400. The first kappa shape index (κ1) is 9.07. The van der Waals surface area contributed by atoms with E-state index >= 15 is 0 Å². The topological polar surface area (TPSA) is 52.0 Å². The molecule has 0 heterocycles. The molecule has 0 unspecified atom stereocenters. The minimum absolute atomic E-state index is 0.0861. The summed E-state index contributed by atoms with van der Waals surface area (Å²) in [6.07, 6.45) is 0. The van der Waals surface area contributed by atoms with E-state index in [9.17, 15) is 0 Å². The first-order valence-electron chi connectivity index (χ1n) is 4.14. The highest BCUT2D eigenvalue weighted by atomic mass is 14.6. The highest BCUT2D eigenvalue weighted by molar-refractivity contribution is 5.54. The molecule has 0 fully saturated rings. The summed E-state index contributed by atoms with van der Waals surface area (Å²) in [5, 5.41) is 0. The van der Waals surface area contributed by atoms with Crippen molar-refractivity contribution in [3.05, 3.63) is 28.8 Å². The Balaban J connectivity index is 3.21. The van der Waals surface area contributed by atoms with Crippen molar-refractivity contribution in [3.63, 3.8) is 0 Å². The summed E-state index contributed by atoms with van der Waals surface area (Å²) in [6.45, 7) is 5.99. The van der Waals surface area contributed by atoms with E-state index in [1.165, 1.54) is 0 Å². The minimum atomic E-state index is 0.0861. The predicted molar refractivity (Wildman–Crippen MR) is 52.9 cm³/mol. The maximum absolute atomic E-state index is 5.81. The summed E-state index contributed by atoms with van der Waals surface area (Å²) < 4.78 is 0. The van der Waals surface area contributed by atoms with E-state index in [0.29, 0.717) is 0 Å². The number of benzene rings is 1. The number of nitrogen functional groups attached to an aromatic ring is 1. The number of nitrogens with two attached hydrogens (primary N) is 2. The monoisotopic (exact) mass is 164 g/mol. The molecule has 0 radical (unpaired) electrons. The molecule has 1 aromatic carbocycles. The van der Waals surface area contributed by atoms with Gasteiger partial charge in [0.15, 0.2) is 0 Å². The average Bonchev–Trinajstić information content (AvgIpc) is 1.99. The van der Waals surface area contributed by atoms with Gasteiger partial charge in [-0.25, -0.2) is 0 Å². The zero-order chi connectivity index (χ0) is 9.30. The lowest BCUT2D eigenvalue weighted by molar-refractivity contribution is 0.816. The molecule has 0 amide bonds. The Morgan fingerprint density at radius 1 is 1.17 bits per heavy atom. The molecule has 1 rings (SSSR count). The zero-order valence-corrected chi connectivity index (χ0v) is 7.89. The molecule has 0 spiro atoms. The SMILES string of the molecule is Cc1cc([C@@H](C)N)cc(C)c1N. The van der Waals surface area contributed by atoms with Crippen molar-refractivity contribution in [1.29, 1.82) is 0 Å². The Hall–Kier alpha value is -1.02. The third kappa shape index (κ3) is 1.59. The lowest BCUT2D eigenvalue weighted by atomic mass is 10.0. The van der Waals surface area contributed by atoms with Gasteiger partial charge in [-0.05, 0) is 37.5 Å². The van der Waals surface area contributed by atoms with Gasteiger partial charge in [0.2, 0.25) is 0 Å². The lowest BCUT2D eigenvalue weighted by Gasteiger charge is -2.11. The van der Waals surface area contributed by atoms with Gasteiger partial charge in [0.1, 0.15) is 0 Å². The van der Waals surface area contributed by atoms with Crippen molar-refractivity contribution in [2.75, 3.05) is 5.73 Å². The van der Waals surface area contributed by atoms with Gasteiger partial charge in [-0.3, -0.25) is 0 Å². The van der Waals surface area contributed by atoms with Gasteiger partial charge in [-0.1, -0.05) is 12.1 Å². The van der Waals surface area contributed by atoms with Crippen LogP contribution in [-0.2, 0) is 0 Å². The van der Waals surface area contributed by atoms with Gasteiger partial charge < -0.3 is 11.5 Å². The molecule has 0 aromatic heterocycles. The van der Waals surface area contributed by atoms with Crippen LogP contribution in [0, 0.1) is 13.8 Å². The maximum Gasteiger partial charge on any atom is 0.0373 e. The average molecular weight is 164 g/mol. The number of anilines is 1. The summed E-state index contributed by atoms with van der Waals surface area (Å²) in [7, 11) is 0. The fourth-order valence-electron chi connectivity index (χ4n) is 1.27. The molecule has 0 saturated carbocycles. The molecule has 1 aromatic rings. The van der Waals surface area contributed by atoms with Crippen LogP contribution >= 0.6 is 0 Å². The quantitative estimate of drug-likeness (QED) is 0.623. The molecule has 12 heavy (non-hydrogen) atoms. The Bertz CT molecular complexity index is 267. The van der Waals surface area contributed by atoms with E-state index in [1.54, 1.807) is 0 Å². The molecule has 0 aliphatic rings. The summed E-state index contributed by atoms with van der Waals surface area (Å²) in [4.78, 5) is 0. The summed E-state index contributed by atoms with van der Waals surface area (Å²) >= 11 is 0. The summed E-state index contributed by atoms with van der Waals surface area (Å²) in [6, 6.07) is 4.18. The van der Waals surface area contributed by atoms with Crippen LogP contribution in [0.3, 0.4) is 0 Å². The van der Waals surface area contributed by atoms with Crippen molar-refractivity contribution >= 4 is 5.69 Å². The van der Waals surface area contributed by atoms with Gasteiger partial charge in [-0.2, -0.15) is 0 Å². The molecule has 1 atom stereocenters. The minimum Gasteiger partial charge on any atom is -0.398 e. The molecule has 0 aliphatic carbocycles. The van der Waals surface area contributed by atoms with E-state index in [-0.39, 0.29) is 6.04 Å². The Kier molecular flexibility index (Phi) is 2.38. The molecule has 4 N–H and O–H groups in total. The van der Waals surface area contributed by atoms with Crippen LogP contribution in [0.2, 0.25) is 0 Å². The highest BCUT2D eigenvalue weighted by Gasteiger charge is 2.04. The van der Waals surface area contributed by atoms with Crippen LogP contribution in [-0.4, -0.2) is 0 Å². The molecular weight excluding hydrogens is 148 g/mol. The molecule has 0 saturated heterocycles. The van der Waals surface area contributed by atoms with Crippen molar-refractivity contribution in [2.24, 2.45) is 5.73 Å². The smallest absolute Gasteiger partial charge is 0.0373 e. The van der Waals surface area contributed by atoms with E-state index in [4.69, 9.17) is 11.5 Å². The van der Waals surface area contributed by atoms with Gasteiger partial charge in [-0.15, -0.1) is 0 Å². The molecular formula is C10H16N2. The third-order valence-electron chi connectivity index (χ3n) is 2.14. The van der Waals surface area contributed by atoms with Crippen LogP contribution in [0.15, 0.2) is 12.1 Å². The second kappa shape index (κ2) is 3.15. The molecule has 0 bridgehead atoms. The van der Waals surface area contributed by atoms with Crippen molar-refractivity contribution in [2.45, 2.75) is 26.8 Å². The summed E-state index contributed by atoms with van der Waals surface area (Å²) in [5.41, 5.74) is 15.8.